The number of anilines is 2. The molecule has 0 radical (unpaired) electrons. The fourth-order valence-electron chi connectivity index (χ4n) is 3.75. The highest BCUT2D eigenvalue weighted by molar-refractivity contribution is 5.66. The molecule has 0 bridgehead atoms. The molecule has 0 unspecified atom stereocenters. The second kappa shape index (κ2) is 9.46. The van der Waals surface area contributed by atoms with Gasteiger partial charge in [0.15, 0.2) is 5.82 Å². The minimum absolute atomic E-state index is 0.00946. The van der Waals surface area contributed by atoms with Gasteiger partial charge < -0.3 is 9.64 Å². The Kier molecular flexibility index (Phi) is 6.98. The SMILES string of the molecule is CCCCCc1ccccc1N(C)c1nc(OC2CCCC2)ncc1C(F)(F)F. The quantitative estimate of drug-likeness (QED) is 0.480. The van der Waals surface area contributed by atoms with Gasteiger partial charge >= 0.3 is 12.2 Å². The Morgan fingerprint density at radius 2 is 1.86 bits per heavy atom. The topological polar surface area (TPSA) is 38.2 Å². The third-order valence-corrected chi connectivity index (χ3v) is 5.35. The zero-order chi connectivity index (χ0) is 20.9. The third kappa shape index (κ3) is 5.40. The lowest BCUT2D eigenvalue weighted by Gasteiger charge is -2.25. The summed E-state index contributed by atoms with van der Waals surface area (Å²) in [6, 6.07) is 7.56. The summed E-state index contributed by atoms with van der Waals surface area (Å²) in [6.45, 7) is 2.13. The number of unbranched alkanes of at least 4 members (excludes halogenated alkanes) is 2. The lowest BCUT2D eigenvalue weighted by molar-refractivity contribution is -0.137. The van der Waals surface area contributed by atoms with Crippen LogP contribution in [0.1, 0.15) is 63.0 Å². The number of alkyl halides is 3. The Hall–Kier alpha value is -2.31. The van der Waals surface area contributed by atoms with Crippen molar-refractivity contribution in [2.45, 2.75) is 70.6 Å². The molecule has 0 amide bonds. The van der Waals surface area contributed by atoms with Gasteiger partial charge in [-0.05, 0) is 50.2 Å². The minimum atomic E-state index is -4.55. The zero-order valence-corrected chi connectivity index (χ0v) is 17.0. The Balaban J connectivity index is 1.94. The van der Waals surface area contributed by atoms with Crippen LogP contribution in [0.5, 0.6) is 6.01 Å². The number of para-hydroxylation sites is 1. The molecule has 0 atom stereocenters. The van der Waals surface area contributed by atoms with E-state index in [1.807, 2.05) is 24.3 Å². The van der Waals surface area contributed by atoms with Crippen molar-refractivity contribution in [3.05, 3.63) is 41.6 Å². The van der Waals surface area contributed by atoms with E-state index in [-0.39, 0.29) is 17.9 Å². The van der Waals surface area contributed by atoms with E-state index in [1.165, 1.54) is 4.90 Å². The van der Waals surface area contributed by atoms with E-state index in [9.17, 15) is 13.2 Å². The Labute approximate surface area is 170 Å². The van der Waals surface area contributed by atoms with Crippen LogP contribution in [0.3, 0.4) is 0 Å². The Morgan fingerprint density at radius 1 is 1.14 bits per heavy atom. The van der Waals surface area contributed by atoms with Crippen LogP contribution >= 0.6 is 0 Å². The molecule has 1 saturated carbocycles. The first kappa shape index (κ1) is 21.4. The highest BCUT2D eigenvalue weighted by Gasteiger charge is 2.37. The second-order valence-electron chi connectivity index (χ2n) is 7.56. The number of halogens is 3. The van der Waals surface area contributed by atoms with Crippen LogP contribution < -0.4 is 9.64 Å². The molecule has 29 heavy (non-hydrogen) atoms. The molecule has 1 heterocycles. The molecule has 1 aromatic heterocycles. The first-order valence-electron chi connectivity index (χ1n) is 10.3. The molecule has 0 aliphatic heterocycles. The fourth-order valence-corrected chi connectivity index (χ4v) is 3.75. The van der Waals surface area contributed by atoms with Crippen LogP contribution in [0.15, 0.2) is 30.5 Å². The van der Waals surface area contributed by atoms with E-state index in [4.69, 9.17) is 4.74 Å². The van der Waals surface area contributed by atoms with Crippen LogP contribution in [-0.4, -0.2) is 23.1 Å². The van der Waals surface area contributed by atoms with E-state index < -0.39 is 11.7 Å². The summed E-state index contributed by atoms with van der Waals surface area (Å²) in [4.78, 5) is 9.54. The van der Waals surface area contributed by atoms with Crippen molar-refractivity contribution in [3.63, 3.8) is 0 Å². The number of benzene rings is 1. The number of rotatable bonds is 8. The van der Waals surface area contributed by atoms with Crippen molar-refractivity contribution in [1.82, 2.24) is 9.97 Å². The number of aromatic nitrogens is 2. The monoisotopic (exact) mass is 407 g/mol. The number of hydrogen-bond acceptors (Lipinski definition) is 4. The van der Waals surface area contributed by atoms with Gasteiger partial charge in [-0.25, -0.2) is 4.98 Å². The summed E-state index contributed by atoms with van der Waals surface area (Å²) >= 11 is 0. The molecule has 0 spiro atoms. The summed E-state index contributed by atoms with van der Waals surface area (Å²) in [5.74, 6) is -0.177. The molecular weight excluding hydrogens is 379 g/mol. The van der Waals surface area contributed by atoms with Crippen molar-refractivity contribution in [1.29, 1.82) is 0 Å². The standard InChI is InChI=1S/C22H28F3N3O/c1-3-4-5-10-16-11-6-9-14-19(16)28(2)20-18(22(23,24)25)15-26-21(27-20)29-17-12-7-8-13-17/h6,9,11,14-15,17H,3-5,7-8,10,12-13H2,1-2H3. The normalized spacial score (nSPS) is 14.9. The average molecular weight is 407 g/mol. The van der Waals surface area contributed by atoms with E-state index >= 15 is 0 Å². The van der Waals surface area contributed by atoms with Crippen LogP contribution in [-0.2, 0) is 12.6 Å². The van der Waals surface area contributed by atoms with Crippen molar-refractivity contribution >= 4 is 11.5 Å². The van der Waals surface area contributed by atoms with Gasteiger partial charge in [-0.2, -0.15) is 18.2 Å². The van der Waals surface area contributed by atoms with E-state index in [1.54, 1.807) is 7.05 Å². The molecule has 158 valence electrons. The molecule has 1 aliphatic rings. The van der Waals surface area contributed by atoms with Gasteiger partial charge in [0.1, 0.15) is 11.7 Å². The lowest BCUT2D eigenvalue weighted by Crippen LogP contribution is -2.21. The third-order valence-electron chi connectivity index (χ3n) is 5.35. The number of ether oxygens (including phenoxy) is 1. The largest absolute Gasteiger partial charge is 0.460 e. The Bertz CT molecular complexity index is 804. The number of aryl methyl sites for hydroxylation is 1. The van der Waals surface area contributed by atoms with Gasteiger partial charge in [0, 0.05) is 18.9 Å². The lowest BCUT2D eigenvalue weighted by atomic mass is 10.0. The van der Waals surface area contributed by atoms with Crippen LogP contribution in [0.4, 0.5) is 24.7 Å². The van der Waals surface area contributed by atoms with Crippen molar-refractivity contribution in [3.8, 4) is 6.01 Å². The molecule has 2 aromatic rings. The minimum Gasteiger partial charge on any atom is -0.460 e. The molecule has 0 saturated heterocycles. The maximum Gasteiger partial charge on any atom is 0.421 e. The van der Waals surface area contributed by atoms with Crippen LogP contribution in [0, 0.1) is 0 Å². The summed E-state index contributed by atoms with van der Waals surface area (Å²) in [7, 11) is 1.62. The highest BCUT2D eigenvalue weighted by atomic mass is 19.4. The van der Waals surface area contributed by atoms with Crippen molar-refractivity contribution in [2.24, 2.45) is 0 Å². The van der Waals surface area contributed by atoms with E-state index in [0.29, 0.717) is 0 Å². The summed E-state index contributed by atoms with van der Waals surface area (Å²) in [5.41, 5.74) is 0.871. The predicted molar refractivity (Wildman–Crippen MR) is 108 cm³/mol. The summed E-state index contributed by atoms with van der Waals surface area (Å²) in [6.07, 6.45) is 4.13. The van der Waals surface area contributed by atoms with Gasteiger partial charge in [-0.1, -0.05) is 38.0 Å². The molecule has 4 nitrogen and oxygen atoms in total. The molecular formula is C22H28F3N3O. The first-order chi connectivity index (χ1) is 13.9. The van der Waals surface area contributed by atoms with Gasteiger partial charge in [0.05, 0.1) is 0 Å². The van der Waals surface area contributed by atoms with E-state index in [2.05, 4.69) is 16.9 Å². The van der Waals surface area contributed by atoms with Crippen molar-refractivity contribution in [2.75, 3.05) is 11.9 Å². The van der Waals surface area contributed by atoms with Crippen LogP contribution in [0.25, 0.3) is 0 Å². The summed E-state index contributed by atoms with van der Waals surface area (Å²) < 4.78 is 46.8. The molecule has 7 heteroatoms. The highest BCUT2D eigenvalue weighted by Crippen LogP contribution is 2.39. The van der Waals surface area contributed by atoms with Gasteiger partial charge in [0.25, 0.3) is 0 Å². The van der Waals surface area contributed by atoms with Gasteiger partial charge in [-0.15, -0.1) is 0 Å². The fraction of sp³-hybridized carbons (Fsp3) is 0.545. The van der Waals surface area contributed by atoms with E-state index in [0.717, 1.165) is 68.8 Å². The maximum atomic E-state index is 13.7. The molecule has 1 aliphatic carbocycles. The smallest absolute Gasteiger partial charge is 0.421 e. The van der Waals surface area contributed by atoms with Crippen LogP contribution in [0.2, 0.25) is 0 Å². The molecule has 1 aromatic carbocycles. The number of hydrogen-bond donors (Lipinski definition) is 0. The van der Waals surface area contributed by atoms with Gasteiger partial charge in [0.2, 0.25) is 0 Å². The molecule has 1 fully saturated rings. The number of nitrogens with zero attached hydrogens (tertiary/aromatic N) is 3. The second-order valence-corrected chi connectivity index (χ2v) is 7.56. The predicted octanol–water partition coefficient (Wildman–Crippen LogP) is 6.32. The molecule has 3 rings (SSSR count). The maximum absolute atomic E-state index is 13.7. The van der Waals surface area contributed by atoms with Gasteiger partial charge in [-0.3, -0.25) is 0 Å². The van der Waals surface area contributed by atoms with Crippen molar-refractivity contribution < 1.29 is 17.9 Å². The Morgan fingerprint density at radius 3 is 2.55 bits per heavy atom. The summed E-state index contributed by atoms with van der Waals surface area (Å²) in [5, 5.41) is 0. The average Bonchev–Trinajstić information content (AvgIpc) is 3.20. The zero-order valence-electron chi connectivity index (χ0n) is 17.0. The molecule has 0 N–H and O–H groups in total. The first-order valence-corrected chi connectivity index (χ1v) is 10.3.